The molecular formula is C17H13ClN4O4. The molecule has 1 amide bonds. The van der Waals surface area contributed by atoms with Gasteiger partial charge in [-0.05, 0) is 24.3 Å². The van der Waals surface area contributed by atoms with E-state index >= 15 is 0 Å². The number of anilines is 2. The lowest BCUT2D eigenvalue weighted by molar-refractivity contribution is -0.384. The summed E-state index contributed by atoms with van der Waals surface area (Å²) < 4.78 is 5.04. The zero-order valence-corrected chi connectivity index (χ0v) is 14.3. The quantitative estimate of drug-likeness (QED) is 0.345. The van der Waals surface area contributed by atoms with Gasteiger partial charge < -0.3 is 15.4 Å². The molecule has 0 radical (unpaired) electrons. The van der Waals surface area contributed by atoms with E-state index in [1.165, 1.54) is 31.5 Å². The number of nitro groups is 1. The second-order valence-electron chi connectivity index (χ2n) is 4.92. The van der Waals surface area contributed by atoms with E-state index in [1.807, 2.05) is 0 Å². The van der Waals surface area contributed by atoms with Gasteiger partial charge in [0.05, 0.1) is 23.8 Å². The van der Waals surface area contributed by atoms with E-state index in [9.17, 15) is 20.2 Å². The average Bonchev–Trinajstić information content (AvgIpc) is 2.62. The van der Waals surface area contributed by atoms with Gasteiger partial charge in [0.25, 0.3) is 11.6 Å². The molecule has 8 nitrogen and oxygen atoms in total. The molecule has 132 valence electrons. The molecule has 0 aliphatic carbocycles. The lowest BCUT2D eigenvalue weighted by Gasteiger charge is -2.09. The number of nitrogens with zero attached hydrogens (tertiary/aromatic N) is 2. The molecule has 0 aromatic heterocycles. The van der Waals surface area contributed by atoms with E-state index in [1.54, 1.807) is 30.3 Å². The number of rotatable bonds is 6. The Morgan fingerprint density at radius 1 is 1.35 bits per heavy atom. The number of nitrogens with one attached hydrogen (secondary N) is 2. The summed E-state index contributed by atoms with van der Waals surface area (Å²) in [4.78, 5) is 22.5. The summed E-state index contributed by atoms with van der Waals surface area (Å²) in [6.07, 6.45) is 1.23. The Morgan fingerprint density at radius 3 is 2.73 bits per heavy atom. The van der Waals surface area contributed by atoms with Crippen LogP contribution in [0, 0.1) is 21.4 Å². The van der Waals surface area contributed by atoms with Crippen LogP contribution in [0.15, 0.2) is 54.2 Å². The van der Waals surface area contributed by atoms with Gasteiger partial charge in [-0.15, -0.1) is 0 Å². The third-order valence-corrected chi connectivity index (χ3v) is 3.45. The molecule has 26 heavy (non-hydrogen) atoms. The van der Waals surface area contributed by atoms with Gasteiger partial charge in [-0.3, -0.25) is 14.9 Å². The third-order valence-electron chi connectivity index (χ3n) is 3.22. The van der Waals surface area contributed by atoms with Crippen LogP contribution in [0.3, 0.4) is 0 Å². The predicted molar refractivity (Wildman–Crippen MR) is 97.0 cm³/mol. The Hall–Kier alpha value is -3.57. The zero-order chi connectivity index (χ0) is 19.1. The van der Waals surface area contributed by atoms with E-state index in [4.69, 9.17) is 16.3 Å². The molecule has 0 atom stereocenters. The van der Waals surface area contributed by atoms with Gasteiger partial charge in [0.15, 0.2) is 0 Å². The number of nitro benzene ring substituents is 1. The van der Waals surface area contributed by atoms with Gasteiger partial charge >= 0.3 is 0 Å². The smallest absolute Gasteiger partial charge is 0.273 e. The van der Waals surface area contributed by atoms with Crippen LogP contribution in [0.1, 0.15) is 0 Å². The summed E-state index contributed by atoms with van der Waals surface area (Å²) in [5, 5.41) is 25.8. The number of methoxy groups -OCH3 is 1. The molecule has 0 saturated carbocycles. The topological polar surface area (TPSA) is 117 Å². The Kier molecular flexibility index (Phi) is 6.14. The summed E-state index contributed by atoms with van der Waals surface area (Å²) in [5.74, 6) is -0.596. The molecule has 2 N–H and O–H groups in total. The number of ether oxygens (including phenoxy) is 1. The first-order valence-corrected chi connectivity index (χ1v) is 7.58. The Labute approximate surface area is 153 Å². The number of halogens is 1. The number of hydrogen-bond donors (Lipinski definition) is 2. The van der Waals surface area contributed by atoms with Crippen LogP contribution in [0.2, 0.25) is 5.02 Å². The average molecular weight is 373 g/mol. The molecule has 0 fully saturated rings. The number of carbonyl (C=O) groups is 1. The number of benzene rings is 2. The second-order valence-corrected chi connectivity index (χ2v) is 5.36. The van der Waals surface area contributed by atoms with Crippen molar-refractivity contribution in [2.24, 2.45) is 0 Å². The molecule has 2 rings (SSSR count). The highest BCUT2D eigenvalue weighted by molar-refractivity contribution is 6.30. The summed E-state index contributed by atoms with van der Waals surface area (Å²) >= 11 is 5.87. The molecule has 0 spiro atoms. The maximum atomic E-state index is 12.3. The van der Waals surface area contributed by atoms with E-state index in [0.717, 1.165) is 0 Å². The fourth-order valence-electron chi connectivity index (χ4n) is 1.97. The molecule has 0 heterocycles. The molecule has 0 bridgehead atoms. The highest BCUT2D eigenvalue weighted by Gasteiger charge is 2.15. The van der Waals surface area contributed by atoms with E-state index < -0.39 is 10.8 Å². The predicted octanol–water partition coefficient (Wildman–Crippen LogP) is 3.71. The first-order chi connectivity index (χ1) is 12.4. The van der Waals surface area contributed by atoms with Gasteiger partial charge in [0, 0.05) is 23.0 Å². The van der Waals surface area contributed by atoms with Crippen molar-refractivity contribution in [1.82, 2.24) is 0 Å². The van der Waals surface area contributed by atoms with Crippen molar-refractivity contribution < 1.29 is 14.5 Å². The molecule has 0 unspecified atom stereocenters. The molecule has 9 heteroatoms. The standard InChI is InChI=1S/C17H13ClN4O4/c1-26-16-8-14(22(24)25)5-6-15(16)21-17(23)11(9-19)10-20-13-4-2-3-12(18)7-13/h2-8,10,20H,1H3,(H,21,23)/b11-10-. The maximum Gasteiger partial charge on any atom is 0.273 e. The van der Waals surface area contributed by atoms with Gasteiger partial charge in [0.1, 0.15) is 17.4 Å². The third kappa shape index (κ3) is 4.72. The zero-order valence-electron chi connectivity index (χ0n) is 13.5. The van der Waals surface area contributed by atoms with Crippen LogP contribution < -0.4 is 15.4 Å². The minimum absolute atomic E-state index is 0.104. The highest BCUT2D eigenvalue weighted by Crippen LogP contribution is 2.29. The Bertz CT molecular complexity index is 921. The largest absolute Gasteiger partial charge is 0.494 e. The van der Waals surface area contributed by atoms with Crippen molar-refractivity contribution in [3.8, 4) is 11.8 Å². The monoisotopic (exact) mass is 372 g/mol. The Balaban J connectivity index is 2.18. The molecular weight excluding hydrogens is 360 g/mol. The minimum atomic E-state index is -0.700. The van der Waals surface area contributed by atoms with Gasteiger partial charge in [0.2, 0.25) is 0 Å². The van der Waals surface area contributed by atoms with Gasteiger partial charge in [-0.2, -0.15) is 5.26 Å². The lowest BCUT2D eigenvalue weighted by Crippen LogP contribution is -2.15. The van der Waals surface area contributed by atoms with Crippen LogP contribution in [-0.2, 0) is 4.79 Å². The normalized spacial score (nSPS) is 10.6. The van der Waals surface area contributed by atoms with Gasteiger partial charge in [-0.25, -0.2) is 0 Å². The minimum Gasteiger partial charge on any atom is -0.494 e. The molecule has 2 aromatic carbocycles. The van der Waals surface area contributed by atoms with Crippen LogP contribution in [0.25, 0.3) is 0 Å². The first-order valence-electron chi connectivity index (χ1n) is 7.20. The highest BCUT2D eigenvalue weighted by atomic mass is 35.5. The number of amides is 1. The lowest BCUT2D eigenvalue weighted by atomic mass is 10.2. The van der Waals surface area contributed by atoms with E-state index in [2.05, 4.69) is 10.6 Å². The summed E-state index contributed by atoms with van der Waals surface area (Å²) in [7, 11) is 1.32. The molecule has 0 saturated heterocycles. The second kappa shape index (κ2) is 8.50. The summed E-state index contributed by atoms with van der Waals surface area (Å²) in [6, 6.07) is 12.3. The van der Waals surface area contributed by atoms with Crippen molar-refractivity contribution in [2.45, 2.75) is 0 Å². The van der Waals surface area contributed by atoms with E-state index in [-0.39, 0.29) is 22.7 Å². The van der Waals surface area contributed by atoms with Crippen molar-refractivity contribution in [2.75, 3.05) is 17.7 Å². The number of non-ortho nitro benzene ring substituents is 1. The summed E-state index contributed by atoms with van der Waals surface area (Å²) in [6.45, 7) is 0. The fourth-order valence-corrected chi connectivity index (χ4v) is 2.16. The Morgan fingerprint density at radius 2 is 2.12 bits per heavy atom. The van der Waals surface area contributed by atoms with Gasteiger partial charge in [-0.1, -0.05) is 17.7 Å². The summed E-state index contributed by atoms with van der Waals surface area (Å²) in [5.41, 5.74) is 0.418. The van der Waals surface area contributed by atoms with Crippen molar-refractivity contribution in [3.63, 3.8) is 0 Å². The maximum absolute atomic E-state index is 12.3. The van der Waals surface area contributed by atoms with Crippen LogP contribution >= 0.6 is 11.6 Å². The number of nitriles is 1. The fraction of sp³-hybridized carbons (Fsp3) is 0.0588. The van der Waals surface area contributed by atoms with Crippen molar-refractivity contribution in [1.29, 1.82) is 5.26 Å². The van der Waals surface area contributed by atoms with E-state index in [0.29, 0.717) is 10.7 Å². The molecule has 0 aliphatic rings. The first kappa shape index (κ1) is 18.8. The van der Waals surface area contributed by atoms with Crippen LogP contribution in [0.4, 0.5) is 17.1 Å². The van der Waals surface area contributed by atoms with Crippen LogP contribution in [0.5, 0.6) is 5.75 Å². The molecule has 0 aliphatic heterocycles. The number of hydrogen-bond acceptors (Lipinski definition) is 6. The number of carbonyl (C=O) groups excluding carboxylic acids is 1. The van der Waals surface area contributed by atoms with Crippen molar-refractivity contribution >= 4 is 34.6 Å². The SMILES string of the molecule is COc1cc([N+](=O)[O-])ccc1NC(=O)/C(C#N)=C\Nc1cccc(Cl)c1. The van der Waals surface area contributed by atoms with Crippen molar-refractivity contribution in [3.05, 3.63) is 69.4 Å². The van der Waals surface area contributed by atoms with Crippen LogP contribution in [-0.4, -0.2) is 17.9 Å². The molecule has 2 aromatic rings.